The Morgan fingerprint density at radius 3 is 2.33 bits per heavy atom. The lowest BCUT2D eigenvalue weighted by atomic mass is 9.65. The van der Waals surface area contributed by atoms with Gasteiger partial charge in [0, 0.05) is 45.8 Å². The molecule has 0 bridgehead atoms. The van der Waals surface area contributed by atoms with Crippen molar-refractivity contribution in [2.75, 3.05) is 53.9 Å². The second-order valence-corrected chi connectivity index (χ2v) is 9.62. The van der Waals surface area contributed by atoms with Crippen LogP contribution in [0.5, 0.6) is 5.75 Å². The van der Waals surface area contributed by atoms with E-state index in [0.717, 1.165) is 64.2 Å². The molecule has 4 rings (SSSR count). The lowest BCUT2D eigenvalue weighted by Crippen LogP contribution is -2.49. The van der Waals surface area contributed by atoms with Gasteiger partial charge in [-0.25, -0.2) is 0 Å². The number of rotatable bonds is 4. The van der Waals surface area contributed by atoms with Crippen LogP contribution in [-0.4, -0.2) is 80.4 Å². The highest BCUT2D eigenvalue weighted by Gasteiger charge is 2.64. The van der Waals surface area contributed by atoms with Crippen LogP contribution >= 0.6 is 0 Å². The first kappa shape index (κ1) is 21.2. The largest absolute Gasteiger partial charge is 0.497 e. The van der Waals surface area contributed by atoms with Gasteiger partial charge in [0.1, 0.15) is 5.75 Å². The SMILES string of the molecule is CCN1C[C@H]2C3(CCN(C(=O)c4ccc(OC)cc4)CC3)CC[C@@]2(C(=O)N(C)C)C1. The highest BCUT2D eigenvalue weighted by atomic mass is 16.5. The first-order chi connectivity index (χ1) is 14.3. The number of ether oxygens (including phenoxy) is 1. The van der Waals surface area contributed by atoms with E-state index >= 15 is 0 Å². The summed E-state index contributed by atoms with van der Waals surface area (Å²) in [7, 11) is 5.42. The minimum Gasteiger partial charge on any atom is -0.497 e. The lowest BCUT2D eigenvalue weighted by Gasteiger charge is -2.44. The molecule has 0 aromatic heterocycles. The molecular weight excluding hydrogens is 378 g/mol. The molecule has 0 radical (unpaired) electrons. The van der Waals surface area contributed by atoms with Gasteiger partial charge in [-0.1, -0.05) is 6.92 Å². The number of fused-ring (bicyclic) bond motifs is 2. The van der Waals surface area contributed by atoms with E-state index in [1.54, 1.807) is 12.0 Å². The van der Waals surface area contributed by atoms with Crippen molar-refractivity contribution < 1.29 is 14.3 Å². The van der Waals surface area contributed by atoms with E-state index in [9.17, 15) is 9.59 Å². The number of piperidine rings is 1. The quantitative estimate of drug-likeness (QED) is 0.762. The molecule has 2 atom stereocenters. The molecule has 0 N–H and O–H groups in total. The molecule has 0 unspecified atom stereocenters. The van der Waals surface area contributed by atoms with Gasteiger partial charge in [0.05, 0.1) is 12.5 Å². The fourth-order valence-electron chi connectivity index (χ4n) is 6.37. The maximum atomic E-state index is 13.3. The summed E-state index contributed by atoms with van der Waals surface area (Å²) in [5.74, 6) is 1.57. The predicted molar refractivity (Wildman–Crippen MR) is 117 cm³/mol. The van der Waals surface area contributed by atoms with E-state index in [0.29, 0.717) is 17.4 Å². The van der Waals surface area contributed by atoms with Crippen LogP contribution in [0.25, 0.3) is 0 Å². The molecular formula is C24H35N3O3. The average Bonchev–Trinajstić information content (AvgIpc) is 3.30. The summed E-state index contributed by atoms with van der Waals surface area (Å²) >= 11 is 0. The number of hydrogen-bond donors (Lipinski definition) is 0. The Labute approximate surface area is 180 Å². The zero-order chi connectivity index (χ0) is 21.5. The van der Waals surface area contributed by atoms with Gasteiger partial charge in [0.2, 0.25) is 5.91 Å². The maximum absolute atomic E-state index is 13.3. The third kappa shape index (κ3) is 3.29. The summed E-state index contributed by atoms with van der Waals surface area (Å²) in [5, 5.41) is 0. The average molecular weight is 414 g/mol. The van der Waals surface area contributed by atoms with Gasteiger partial charge in [-0.15, -0.1) is 0 Å². The number of likely N-dealkylation sites (tertiary alicyclic amines) is 2. The second-order valence-electron chi connectivity index (χ2n) is 9.62. The third-order valence-electron chi connectivity index (χ3n) is 8.08. The minimum atomic E-state index is -0.234. The molecule has 6 heteroatoms. The number of carbonyl (C=O) groups excluding carboxylic acids is 2. The summed E-state index contributed by atoms with van der Waals surface area (Å²) < 4.78 is 5.20. The maximum Gasteiger partial charge on any atom is 0.253 e. The second kappa shape index (κ2) is 7.88. The van der Waals surface area contributed by atoms with Crippen molar-refractivity contribution in [1.82, 2.24) is 14.7 Å². The Bertz CT molecular complexity index is 798. The summed E-state index contributed by atoms with van der Waals surface area (Å²) in [6, 6.07) is 7.37. The molecule has 1 aliphatic carbocycles. The van der Waals surface area contributed by atoms with Crippen LogP contribution in [-0.2, 0) is 4.79 Å². The Hall–Kier alpha value is -2.08. The molecule has 30 heavy (non-hydrogen) atoms. The molecule has 6 nitrogen and oxygen atoms in total. The van der Waals surface area contributed by atoms with Crippen LogP contribution in [0.2, 0.25) is 0 Å². The number of nitrogens with zero attached hydrogens (tertiary/aromatic N) is 3. The molecule has 2 aliphatic heterocycles. The van der Waals surface area contributed by atoms with Gasteiger partial charge in [0.25, 0.3) is 5.91 Å². The van der Waals surface area contributed by atoms with Crippen LogP contribution in [0.3, 0.4) is 0 Å². The third-order valence-corrected chi connectivity index (χ3v) is 8.08. The van der Waals surface area contributed by atoms with Gasteiger partial charge in [-0.3, -0.25) is 9.59 Å². The molecule has 2 amide bonds. The summed E-state index contributed by atoms with van der Waals surface area (Å²) in [6.45, 7) is 6.65. The summed E-state index contributed by atoms with van der Waals surface area (Å²) in [5.41, 5.74) is 0.668. The Morgan fingerprint density at radius 1 is 1.10 bits per heavy atom. The normalized spacial score (nSPS) is 27.9. The summed E-state index contributed by atoms with van der Waals surface area (Å²) in [6.07, 6.45) is 4.09. The highest BCUT2D eigenvalue weighted by Crippen LogP contribution is 2.62. The van der Waals surface area contributed by atoms with Crippen molar-refractivity contribution in [3.05, 3.63) is 29.8 Å². The molecule has 1 aromatic carbocycles. The highest BCUT2D eigenvalue weighted by molar-refractivity contribution is 5.94. The van der Waals surface area contributed by atoms with Crippen molar-refractivity contribution in [1.29, 1.82) is 0 Å². The van der Waals surface area contributed by atoms with Gasteiger partial charge in [-0.05, 0) is 67.8 Å². The summed E-state index contributed by atoms with van der Waals surface area (Å²) in [4.78, 5) is 32.5. The van der Waals surface area contributed by atoms with Crippen molar-refractivity contribution in [3.63, 3.8) is 0 Å². The van der Waals surface area contributed by atoms with E-state index in [-0.39, 0.29) is 16.7 Å². The number of carbonyl (C=O) groups is 2. The van der Waals surface area contributed by atoms with Crippen LogP contribution in [0, 0.1) is 16.7 Å². The number of methoxy groups -OCH3 is 1. The molecule has 1 saturated carbocycles. The fraction of sp³-hybridized carbons (Fsp3) is 0.667. The monoisotopic (exact) mass is 413 g/mol. The molecule has 2 saturated heterocycles. The first-order valence-corrected chi connectivity index (χ1v) is 11.2. The van der Waals surface area contributed by atoms with Crippen molar-refractivity contribution in [3.8, 4) is 5.75 Å². The molecule has 1 spiro atoms. The van der Waals surface area contributed by atoms with Crippen molar-refractivity contribution >= 4 is 11.8 Å². The molecule has 1 aromatic rings. The van der Waals surface area contributed by atoms with Gasteiger partial charge in [-0.2, -0.15) is 0 Å². The molecule has 3 fully saturated rings. The zero-order valence-electron chi connectivity index (χ0n) is 18.8. The van der Waals surface area contributed by atoms with E-state index in [1.165, 1.54) is 0 Å². The molecule has 164 valence electrons. The van der Waals surface area contributed by atoms with E-state index < -0.39 is 0 Å². The number of benzene rings is 1. The van der Waals surface area contributed by atoms with Crippen molar-refractivity contribution in [2.45, 2.75) is 32.6 Å². The van der Waals surface area contributed by atoms with Crippen LogP contribution in [0.4, 0.5) is 0 Å². The van der Waals surface area contributed by atoms with Crippen LogP contribution in [0.15, 0.2) is 24.3 Å². The Morgan fingerprint density at radius 2 is 1.77 bits per heavy atom. The predicted octanol–water partition coefficient (Wildman–Crippen LogP) is 2.74. The standard InChI is InChI=1S/C24H35N3O3/c1-5-26-16-20-23(10-11-24(20,17-26)22(29)25(2)3)12-14-27(15-13-23)21(28)18-6-8-19(30-4)9-7-18/h6-9,20H,5,10-17H2,1-4H3/t20-,24+/m0/s1. The van der Waals surface area contributed by atoms with Crippen molar-refractivity contribution in [2.24, 2.45) is 16.7 Å². The van der Waals surface area contributed by atoms with E-state index in [4.69, 9.17) is 4.74 Å². The van der Waals surface area contributed by atoms with E-state index in [1.807, 2.05) is 43.3 Å². The lowest BCUT2D eigenvalue weighted by molar-refractivity contribution is -0.141. The minimum absolute atomic E-state index is 0.0998. The smallest absolute Gasteiger partial charge is 0.253 e. The number of hydrogen-bond acceptors (Lipinski definition) is 4. The van der Waals surface area contributed by atoms with E-state index in [2.05, 4.69) is 11.8 Å². The Balaban J connectivity index is 1.49. The first-order valence-electron chi connectivity index (χ1n) is 11.2. The van der Waals surface area contributed by atoms with Crippen LogP contribution in [0.1, 0.15) is 43.0 Å². The molecule has 2 heterocycles. The number of amides is 2. The van der Waals surface area contributed by atoms with Crippen LogP contribution < -0.4 is 4.74 Å². The van der Waals surface area contributed by atoms with Gasteiger partial charge >= 0.3 is 0 Å². The fourth-order valence-corrected chi connectivity index (χ4v) is 6.37. The van der Waals surface area contributed by atoms with Gasteiger partial charge < -0.3 is 19.4 Å². The zero-order valence-corrected chi connectivity index (χ0v) is 18.8. The topological polar surface area (TPSA) is 53.1 Å². The van der Waals surface area contributed by atoms with Gasteiger partial charge in [0.15, 0.2) is 0 Å². The molecule has 3 aliphatic rings. The Kier molecular flexibility index (Phi) is 5.56.